The standard InChI is InChI=1S/C20H18N2O7S/c23-19-21-18(22-29-19)28-15-10-14-8-4-5-9-16(14)17(11-15)30(25,26)20(24)27-12-13-6-2-1-3-7-13/h1-9,15,17H,10-12H2,(H,21,22,23)/t15-,17?/m1/s1. The molecule has 0 radical (unpaired) electrons. The van der Waals surface area contributed by atoms with Crippen molar-refractivity contribution in [3.05, 3.63) is 81.8 Å². The molecule has 1 N–H and O–H groups in total. The van der Waals surface area contributed by atoms with Crippen molar-refractivity contribution < 1.29 is 27.2 Å². The average Bonchev–Trinajstić information content (AvgIpc) is 3.16. The van der Waals surface area contributed by atoms with Gasteiger partial charge in [0.25, 0.3) is 9.84 Å². The number of hydrogen-bond acceptors (Lipinski definition) is 8. The normalized spacial score (nSPS) is 18.4. The molecule has 1 aliphatic carbocycles. The van der Waals surface area contributed by atoms with Crippen molar-refractivity contribution in [1.82, 2.24) is 10.1 Å². The molecule has 0 amide bonds. The van der Waals surface area contributed by atoms with Gasteiger partial charge in [-0.3, -0.25) is 4.52 Å². The first-order valence-corrected chi connectivity index (χ1v) is 10.7. The zero-order valence-electron chi connectivity index (χ0n) is 15.7. The third-order valence-electron chi connectivity index (χ3n) is 4.83. The molecule has 1 unspecified atom stereocenters. The third-order valence-corrected chi connectivity index (χ3v) is 6.61. The van der Waals surface area contributed by atoms with Crippen LogP contribution in [-0.2, 0) is 27.6 Å². The lowest BCUT2D eigenvalue weighted by atomic mass is 9.89. The van der Waals surface area contributed by atoms with Crippen molar-refractivity contribution in [2.75, 3.05) is 0 Å². The van der Waals surface area contributed by atoms with Gasteiger partial charge in [0.1, 0.15) is 18.0 Å². The maximum absolute atomic E-state index is 13.0. The summed E-state index contributed by atoms with van der Waals surface area (Å²) in [7, 11) is -4.32. The summed E-state index contributed by atoms with van der Waals surface area (Å²) in [4.78, 5) is 25.9. The minimum Gasteiger partial charge on any atom is -0.459 e. The predicted molar refractivity (Wildman–Crippen MR) is 105 cm³/mol. The molecule has 2 aromatic carbocycles. The highest BCUT2D eigenvalue weighted by atomic mass is 32.2. The summed E-state index contributed by atoms with van der Waals surface area (Å²) in [5, 5.41) is 1.01. The SMILES string of the molecule is O=C(OCc1ccccc1)S(=O)(=O)C1C[C@H](Oc2noc(=O)[nH]2)Cc2ccccc21. The summed E-state index contributed by atoms with van der Waals surface area (Å²) in [6, 6.07) is 15.6. The minimum absolute atomic E-state index is 0.00528. The van der Waals surface area contributed by atoms with Crippen LogP contribution < -0.4 is 10.5 Å². The fourth-order valence-corrected chi connectivity index (χ4v) is 4.94. The Kier molecular flexibility index (Phi) is 5.40. The molecule has 0 aliphatic heterocycles. The maximum Gasteiger partial charge on any atom is 0.441 e. The lowest BCUT2D eigenvalue weighted by molar-refractivity contribution is 0.156. The number of fused-ring (bicyclic) bond motifs is 1. The molecule has 3 aromatic rings. The number of rotatable bonds is 5. The zero-order valence-corrected chi connectivity index (χ0v) is 16.5. The van der Waals surface area contributed by atoms with Gasteiger partial charge < -0.3 is 9.47 Å². The highest BCUT2D eigenvalue weighted by Gasteiger charge is 2.42. The number of aromatic nitrogens is 2. The lowest BCUT2D eigenvalue weighted by Gasteiger charge is -2.30. The average molecular weight is 430 g/mol. The molecule has 2 atom stereocenters. The number of H-pyrrole nitrogens is 1. The van der Waals surface area contributed by atoms with Gasteiger partial charge in [-0.1, -0.05) is 54.6 Å². The molecule has 10 heteroatoms. The second-order valence-corrected chi connectivity index (χ2v) is 8.83. The van der Waals surface area contributed by atoms with Crippen LogP contribution in [0.25, 0.3) is 0 Å². The predicted octanol–water partition coefficient (Wildman–Crippen LogP) is 2.55. The molecule has 30 heavy (non-hydrogen) atoms. The van der Waals surface area contributed by atoms with E-state index in [1.54, 1.807) is 48.5 Å². The number of sulfone groups is 1. The van der Waals surface area contributed by atoms with Crippen molar-refractivity contribution in [2.24, 2.45) is 0 Å². The van der Waals surface area contributed by atoms with Crippen molar-refractivity contribution in [3.8, 4) is 6.01 Å². The number of carbonyl (C=O) groups excluding carboxylic acids is 1. The van der Waals surface area contributed by atoms with Gasteiger partial charge in [-0.05, 0) is 21.8 Å². The van der Waals surface area contributed by atoms with E-state index in [9.17, 15) is 18.0 Å². The number of benzene rings is 2. The van der Waals surface area contributed by atoms with Gasteiger partial charge >= 0.3 is 17.1 Å². The Hall–Kier alpha value is -3.40. The van der Waals surface area contributed by atoms with Crippen LogP contribution >= 0.6 is 0 Å². The summed E-state index contributed by atoms with van der Waals surface area (Å²) in [5.41, 5.74) is 1.94. The molecule has 0 fully saturated rings. The molecule has 0 saturated heterocycles. The minimum atomic E-state index is -4.32. The Bertz CT molecular complexity index is 1200. The quantitative estimate of drug-likeness (QED) is 0.612. The van der Waals surface area contributed by atoms with E-state index in [2.05, 4.69) is 14.7 Å². The highest BCUT2D eigenvalue weighted by molar-refractivity contribution is 8.05. The maximum atomic E-state index is 13.0. The van der Waals surface area contributed by atoms with Crippen molar-refractivity contribution in [3.63, 3.8) is 0 Å². The Morgan fingerprint density at radius 1 is 1.13 bits per heavy atom. The van der Waals surface area contributed by atoms with Crippen LogP contribution in [0.1, 0.15) is 28.4 Å². The zero-order chi connectivity index (χ0) is 21.1. The summed E-state index contributed by atoms with van der Waals surface area (Å²) in [5.74, 6) is -0.783. The molecule has 1 aliphatic rings. The van der Waals surface area contributed by atoms with E-state index in [4.69, 9.17) is 9.47 Å². The summed E-state index contributed by atoms with van der Waals surface area (Å²) in [6.07, 6.45) is -0.257. The largest absolute Gasteiger partial charge is 0.459 e. The molecular formula is C20H18N2O7S. The molecule has 1 heterocycles. The molecule has 156 valence electrons. The monoisotopic (exact) mass is 430 g/mol. The molecule has 1 aromatic heterocycles. The molecule has 0 saturated carbocycles. The fraction of sp³-hybridized carbons (Fsp3) is 0.250. The number of nitrogens with one attached hydrogen (secondary N) is 1. The number of aromatic amines is 1. The van der Waals surface area contributed by atoms with Crippen LogP contribution in [0.4, 0.5) is 4.79 Å². The van der Waals surface area contributed by atoms with Crippen molar-refractivity contribution >= 4 is 15.1 Å². The Labute approximate surface area is 171 Å². The van der Waals surface area contributed by atoms with E-state index in [1.807, 2.05) is 6.07 Å². The second kappa shape index (κ2) is 8.15. The number of hydrogen-bond donors (Lipinski definition) is 1. The molecule has 0 bridgehead atoms. The number of nitrogens with zero attached hydrogens (tertiary/aromatic N) is 1. The Morgan fingerprint density at radius 3 is 2.60 bits per heavy atom. The van der Waals surface area contributed by atoms with E-state index in [1.165, 1.54) is 0 Å². The third kappa shape index (κ3) is 4.13. The Balaban J connectivity index is 1.56. The van der Waals surface area contributed by atoms with Gasteiger partial charge in [-0.2, -0.15) is 0 Å². The Morgan fingerprint density at radius 2 is 1.87 bits per heavy atom. The van der Waals surface area contributed by atoms with E-state index >= 15 is 0 Å². The van der Waals surface area contributed by atoms with Gasteiger partial charge in [0.2, 0.25) is 0 Å². The van der Waals surface area contributed by atoms with Crippen LogP contribution in [0.3, 0.4) is 0 Å². The van der Waals surface area contributed by atoms with Gasteiger partial charge in [-0.25, -0.2) is 23.0 Å². The number of ether oxygens (including phenoxy) is 2. The van der Waals surface area contributed by atoms with E-state index < -0.39 is 32.2 Å². The van der Waals surface area contributed by atoms with Crippen LogP contribution in [0.5, 0.6) is 6.01 Å². The van der Waals surface area contributed by atoms with Gasteiger partial charge in [0.15, 0.2) is 0 Å². The van der Waals surface area contributed by atoms with E-state index in [0.717, 1.165) is 5.56 Å². The first-order valence-electron chi connectivity index (χ1n) is 9.18. The smallest absolute Gasteiger partial charge is 0.441 e. The summed E-state index contributed by atoms with van der Waals surface area (Å²) >= 11 is 0. The highest BCUT2D eigenvalue weighted by Crippen LogP contribution is 2.38. The molecular weight excluding hydrogens is 412 g/mol. The van der Waals surface area contributed by atoms with Crippen molar-refractivity contribution in [1.29, 1.82) is 0 Å². The van der Waals surface area contributed by atoms with Crippen LogP contribution in [0, 0.1) is 0 Å². The van der Waals surface area contributed by atoms with Crippen molar-refractivity contribution in [2.45, 2.75) is 30.8 Å². The lowest BCUT2D eigenvalue weighted by Crippen LogP contribution is -2.34. The van der Waals surface area contributed by atoms with Crippen LogP contribution in [0.15, 0.2) is 63.9 Å². The summed E-state index contributed by atoms with van der Waals surface area (Å²) in [6.45, 7) is -0.145. The first kappa shape index (κ1) is 19.9. The van der Waals surface area contributed by atoms with E-state index in [0.29, 0.717) is 17.5 Å². The molecule has 0 spiro atoms. The van der Waals surface area contributed by atoms with Gasteiger partial charge in [0, 0.05) is 12.8 Å². The summed E-state index contributed by atoms with van der Waals surface area (Å²) < 4.78 is 41.2. The first-order chi connectivity index (χ1) is 14.4. The molecule has 4 rings (SSSR count). The fourth-order valence-electron chi connectivity index (χ4n) is 3.45. The number of carbonyl (C=O) groups is 1. The van der Waals surface area contributed by atoms with Crippen LogP contribution in [-0.4, -0.2) is 30.0 Å². The molecule has 9 nitrogen and oxygen atoms in total. The van der Waals surface area contributed by atoms with Gasteiger partial charge in [0.05, 0.1) is 0 Å². The van der Waals surface area contributed by atoms with Crippen LogP contribution in [0.2, 0.25) is 0 Å². The van der Waals surface area contributed by atoms with E-state index in [-0.39, 0.29) is 19.0 Å². The topological polar surface area (TPSA) is 129 Å². The second-order valence-electron chi connectivity index (χ2n) is 6.84. The van der Waals surface area contributed by atoms with Gasteiger partial charge in [-0.15, -0.1) is 0 Å².